The third-order valence-electron chi connectivity index (χ3n) is 6.61. The zero-order valence-electron chi connectivity index (χ0n) is 18.6. The van der Waals surface area contributed by atoms with Crippen molar-refractivity contribution in [1.82, 2.24) is 15.8 Å². The van der Waals surface area contributed by atoms with Crippen molar-refractivity contribution in [2.75, 3.05) is 26.2 Å². The highest BCUT2D eigenvalue weighted by atomic mass is 19.4. The van der Waals surface area contributed by atoms with Crippen LogP contribution in [0.3, 0.4) is 0 Å². The molecule has 0 bridgehead atoms. The first-order chi connectivity index (χ1) is 14.6. The average Bonchev–Trinajstić information content (AvgIpc) is 3.18. The minimum Gasteiger partial charge on any atom is -0.466 e. The van der Waals surface area contributed by atoms with E-state index in [1.165, 1.54) is 6.07 Å². The fourth-order valence-corrected chi connectivity index (χ4v) is 4.67. The van der Waals surface area contributed by atoms with E-state index < -0.39 is 17.2 Å². The number of alkyl halides is 3. The van der Waals surface area contributed by atoms with E-state index in [2.05, 4.69) is 29.6 Å². The van der Waals surface area contributed by atoms with E-state index in [-0.39, 0.29) is 19.0 Å². The summed E-state index contributed by atoms with van der Waals surface area (Å²) in [4.78, 5) is 15.2. The summed E-state index contributed by atoms with van der Waals surface area (Å²) in [5.74, 6) is 0.260. The van der Waals surface area contributed by atoms with Crippen molar-refractivity contribution < 1.29 is 22.7 Å². The Hall–Kier alpha value is -1.64. The zero-order chi connectivity index (χ0) is 22.6. The second-order valence-electron chi connectivity index (χ2n) is 9.25. The lowest BCUT2D eigenvalue weighted by Gasteiger charge is -2.40. The summed E-state index contributed by atoms with van der Waals surface area (Å²) in [5, 5.41) is 0. The molecule has 2 saturated heterocycles. The molecule has 2 aliphatic heterocycles. The normalized spacial score (nSPS) is 24.5. The summed E-state index contributed by atoms with van der Waals surface area (Å²) in [6.45, 7) is 8.76. The molecular weight excluding hydrogens is 407 g/mol. The highest BCUT2D eigenvalue weighted by Crippen LogP contribution is 2.38. The van der Waals surface area contributed by atoms with E-state index >= 15 is 0 Å². The van der Waals surface area contributed by atoms with Gasteiger partial charge >= 0.3 is 12.1 Å². The van der Waals surface area contributed by atoms with Crippen molar-refractivity contribution >= 4 is 5.97 Å². The van der Waals surface area contributed by atoms with Crippen LogP contribution < -0.4 is 10.9 Å². The Morgan fingerprint density at radius 1 is 1.26 bits per heavy atom. The Balaban J connectivity index is 1.67. The smallest absolute Gasteiger partial charge is 0.416 e. The molecular formula is C23H34F3N3O2. The summed E-state index contributed by atoms with van der Waals surface area (Å²) in [7, 11) is 0. The molecule has 2 N–H and O–H groups in total. The van der Waals surface area contributed by atoms with E-state index in [1.807, 2.05) is 0 Å². The lowest BCUT2D eigenvalue weighted by molar-refractivity contribution is -0.158. The van der Waals surface area contributed by atoms with Crippen molar-refractivity contribution in [3.8, 4) is 0 Å². The third kappa shape index (κ3) is 5.99. The number of likely N-dealkylation sites (tertiary alicyclic amines) is 1. The quantitative estimate of drug-likeness (QED) is 0.631. The van der Waals surface area contributed by atoms with E-state index in [0.29, 0.717) is 36.4 Å². The van der Waals surface area contributed by atoms with Crippen LogP contribution in [0.2, 0.25) is 0 Å². The highest BCUT2D eigenvalue weighted by molar-refractivity contribution is 5.77. The summed E-state index contributed by atoms with van der Waals surface area (Å²) >= 11 is 0. The van der Waals surface area contributed by atoms with Gasteiger partial charge in [-0.15, -0.1) is 0 Å². The molecule has 2 atom stereocenters. The van der Waals surface area contributed by atoms with Crippen molar-refractivity contribution in [1.29, 1.82) is 0 Å². The van der Waals surface area contributed by atoms with Gasteiger partial charge in [0.1, 0.15) is 0 Å². The first-order valence-corrected chi connectivity index (χ1v) is 11.2. The first kappa shape index (κ1) is 24.0. The SMILES string of the molecule is CCOC(=O)C1(Cc2cccc(C(F)(F)F)c2)CCN(CC2CC(C(C)C)NN2)CC1. The van der Waals surface area contributed by atoms with Crippen LogP contribution in [-0.4, -0.2) is 49.2 Å². The number of nitrogens with one attached hydrogen (secondary N) is 2. The molecule has 1 aromatic carbocycles. The zero-order valence-corrected chi connectivity index (χ0v) is 18.6. The number of carbonyl (C=O) groups is 1. The molecule has 174 valence electrons. The van der Waals surface area contributed by atoms with Crippen LogP contribution in [0, 0.1) is 11.3 Å². The largest absolute Gasteiger partial charge is 0.466 e. The number of ether oxygens (including phenoxy) is 1. The van der Waals surface area contributed by atoms with Gasteiger partial charge in [-0.3, -0.25) is 15.6 Å². The van der Waals surface area contributed by atoms with Crippen molar-refractivity contribution in [3.63, 3.8) is 0 Å². The Kier molecular flexibility index (Phi) is 7.65. The second kappa shape index (κ2) is 9.88. The van der Waals surface area contributed by atoms with E-state index in [1.54, 1.807) is 13.0 Å². The predicted molar refractivity (Wildman–Crippen MR) is 113 cm³/mol. The number of piperidine rings is 1. The number of hydrogen-bond acceptors (Lipinski definition) is 5. The summed E-state index contributed by atoms with van der Waals surface area (Å²) in [6.07, 6.45) is -1.91. The minimum atomic E-state index is -4.40. The van der Waals surface area contributed by atoms with Gasteiger partial charge in [-0.1, -0.05) is 32.0 Å². The first-order valence-electron chi connectivity index (χ1n) is 11.2. The topological polar surface area (TPSA) is 53.6 Å². The molecule has 31 heavy (non-hydrogen) atoms. The highest BCUT2D eigenvalue weighted by Gasteiger charge is 2.43. The molecule has 2 heterocycles. The van der Waals surface area contributed by atoms with Crippen LogP contribution >= 0.6 is 0 Å². The van der Waals surface area contributed by atoms with Crippen LogP contribution in [0.25, 0.3) is 0 Å². The standard InChI is InChI=1S/C23H34F3N3O2/c1-4-31-21(30)22(14-17-6-5-7-18(12-17)23(24,25)26)8-10-29(11-9-22)15-19-13-20(16(2)3)28-27-19/h5-7,12,16,19-20,27-28H,4,8-11,13-15H2,1-3H3. The molecule has 3 rings (SSSR count). The van der Waals surface area contributed by atoms with E-state index in [9.17, 15) is 18.0 Å². The number of rotatable bonds is 7. The molecule has 0 amide bonds. The van der Waals surface area contributed by atoms with Gasteiger partial charge in [-0.25, -0.2) is 0 Å². The molecule has 2 fully saturated rings. The van der Waals surface area contributed by atoms with Gasteiger partial charge in [-0.05, 0) is 63.2 Å². The van der Waals surface area contributed by atoms with Gasteiger partial charge in [0.2, 0.25) is 0 Å². The van der Waals surface area contributed by atoms with Gasteiger partial charge in [0, 0.05) is 18.6 Å². The lowest BCUT2D eigenvalue weighted by Crippen LogP contribution is -2.49. The summed E-state index contributed by atoms with van der Waals surface area (Å²) < 4.78 is 44.8. The van der Waals surface area contributed by atoms with Gasteiger partial charge in [0.15, 0.2) is 0 Å². The molecule has 5 nitrogen and oxygen atoms in total. The van der Waals surface area contributed by atoms with Gasteiger partial charge in [0.25, 0.3) is 0 Å². The number of carbonyl (C=O) groups excluding carboxylic acids is 1. The Bertz CT molecular complexity index is 746. The van der Waals surface area contributed by atoms with E-state index in [4.69, 9.17) is 4.74 Å². The molecule has 1 aromatic rings. The van der Waals surface area contributed by atoms with Gasteiger partial charge in [0.05, 0.1) is 17.6 Å². The Morgan fingerprint density at radius 3 is 2.55 bits per heavy atom. The number of hydrazine groups is 1. The number of nitrogens with zero attached hydrogens (tertiary/aromatic N) is 1. The van der Waals surface area contributed by atoms with Crippen LogP contribution in [0.1, 0.15) is 51.2 Å². The fourth-order valence-electron chi connectivity index (χ4n) is 4.67. The summed E-state index contributed by atoms with van der Waals surface area (Å²) in [5.41, 5.74) is 5.79. The molecule has 2 aliphatic rings. The van der Waals surface area contributed by atoms with E-state index in [0.717, 1.165) is 38.2 Å². The Labute approximate surface area is 182 Å². The minimum absolute atomic E-state index is 0.265. The molecule has 0 radical (unpaired) electrons. The second-order valence-corrected chi connectivity index (χ2v) is 9.25. The van der Waals surface area contributed by atoms with Crippen LogP contribution in [0.5, 0.6) is 0 Å². The van der Waals surface area contributed by atoms with Crippen molar-refractivity contribution in [3.05, 3.63) is 35.4 Å². The lowest BCUT2D eigenvalue weighted by atomic mass is 9.73. The average molecular weight is 442 g/mol. The molecule has 0 aliphatic carbocycles. The summed E-state index contributed by atoms with van der Waals surface area (Å²) in [6, 6.07) is 6.11. The maximum absolute atomic E-state index is 13.1. The molecule has 2 unspecified atom stereocenters. The molecule has 8 heteroatoms. The number of halogens is 3. The number of esters is 1. The van der Waals surface area contributed by atoms with Gasteiger partial charge in [-0.2, -0.15) is 13.2 Å². The van der Waals surface area contributed by atoms with Crippen molar-refractivity contribution in [2.24, 2.45) is 11.3 Å². The number of hydrogen-bond donors (Lipinski definition) is 2. The maximum atomic E-state index is 13.1. The maximum Gasteiger partial charge on any atom is 0.416 e. The van der Waals surface area contributed by atoms with Crippen LogP contribution in [-0.2, 0) is 22.1 Å². The molecule has 0 spiro atoms. The van der Waals surface area contributed by atoms with Crippen molar-refractivity contribution in [2.45, 2.75) is 64.7 Å². The fraction of sp³-hybridized carbons (Fsp3) is 0.696. The van der Waals surface area contributed by atoms with Crippen LogP contribution in [0.4, 0.5) is 13.2 Å². The predicted octanol–water partition coefficient (Wildman–Crippen LogP) is 3.78. The number of benzene rings is 1. The molecule has 0 aromatic heterocycles. The van der Waals surface area contributed by atoms with Gasteiger partial charge < -0.3 is 9.64 Å². The van der Waals surface area contributed by atoms with Crippen LogP contribution in [0.15, 0.2) is 24.3 Å². The monoisotopic (exact) mass is 441 g/mol. The Morgan fingerprint density at radius 2 is 1.97 bits per heavy atom. The third-order valence-corrected chi connectivity index (χ3v) is 6.61. The molecule has 0 saturated carbocycles.